The van der Waals surface area contributed by atoms with Crippen molar-refractivity contribution in [2.75, 3.05) is 38.8 Å². The fourth-order valence-corrected chi connectivity index (χ4v) is 4.11. The molecule has 2 heterocycles. The highest BCUT2D eigenvalue weighted by Crippen LogP contribution is 2.42. The molecule has 186 valence electrons. The highest BCUT2D eigenvalue weighted by atomic mass is 35.5. The van der Waals surface area contributed by atoms with E-state index in [2.05, 4.69) is 20.3 Å². The summed E-state index contributed by atoms with van der Waals surface area (Å²) in [6, 6.07) is 8.31. The van der Waals surface area contributed by atoms with E-state index >= 15 is 0 Å². The van der Waals surface area contributed by atoms with E-state index in [1.807, 2.05) is 0 Å². The Labute approximate surface area is 207 Å². The maximum Gasteiger partial charge on any atom is 0.336 e. The van der Waals surface area contributed by atoms with Gasteiger partial charge < -0.3 is 19.5 Å². The standard InChI is InChI=1S/C24H27ClN4O6/c1-4-35-23(32)21-17(13-34-12-11-27-24-26-10-9-18(30)29-24)28-14(2)19(22(31)33-3)20(21)15-7-5-6-8-16(15)25/h5-10,19-20H,4,11-13H2,1-3H3,(H2,26,27,29,30). The Morgan fingerprint density at radius 2 is 2.00 bits per heavy atom. The molecule has 3 rings (SSSR count). The van der Waals surface area contributed by atoms with Crippen LogP contribution < -0.4 is 10.9 Å². The van der Waals surface area contributed by atoms with Crippen LogP contribution in [0.3, 0.4) is 0 Å². The number of methoxy groups -OCH3 is 1. The lowest BCUT2D eigenvalue weighted by Gasteiger charge is -2.32. The lowest BCUT2D eigenvalue weighted by atomic mass is 9.75. The van der Waals surface area contributed by atoms with E-state index in [-0.39, 0.29) is 31.0 Å². The molecular formula is C24H27ClN4O6. The first-order valence-corrected chi connectivity index (χ1v) is 11.4. The number of ether oxygens (including phenoxy) is 3. The number of benzene rings is 1. The molecule has 0 spiro atoms. The molecule has 2 atom stereocenters. The second-order valence-corrected chi connectivity index (χ2v) is 8.00. The van der Waals surface area contributed by atoms with Crippen molar-refractivity contribution in [3.05, 3.63) is 68.7 Å². The maximum absolute atomic E-state index is 13.1. The first-order valence-electron chi connectivity index (χ1n) is 11.0. The van der Waals surface area contributed by atoms with Crippen molar-refractivity contribution >= 4 is 35.2 Å². The third kappa shape index (κ3) is 6.34. The van der Waals surface area contributed by atoms with Crippen LogP contribution in [-0.4, -0.2) is 61.1 Å². The van der Waals surface area contributed by atoms with Crippen molar-refractivity contribution in [3.63, 3.8) is 0 Å². The van der Waals surface area contributed by atoms with Crippen LogP contribution in [0.25, 0.3) is 0 Å². The Morgan fingerprint density at radius 3 is 2.69 bits per heavy atom. The summed E-state index contributed by atoms with van der Waals surface area (Å²) in [5.74, 6) is -2.44. The summed E-state index contributed by atoms with van der Waals surface area (Å²) in [5, 5.41) is 3.34. The highest BCUT2D eigenvalue weighted by Gasteiger charge is 2.43. The molecule has 0 saturated heterocycles. The van der Waals surface area contributed by atoms with Crippen LogP contribution >= 0.6 is 11.6 Å². The third-order valence-electron chi connectivity index (χ3n) is 5.36. The van der Waals surface area contributed by atoms with Gasteiger partial charge in [0.05, 0.1) is 38.2 Å². The zero-order chi connectivity index (χ0) is 25.4. The molecule has 0 fully saturated rings. The number of aromatic amines is 1. The number of carbonyl (C=O) groups excluding carboxylic acids is 2. The van der Waals surface area contributed by atoms with Crippen LogP contribution in [0.5, 0.6) is 0 Å². The molecule has 2 aromatic rings. The lowest BCUT2D eigenvalue weighted by molar-refractivity contribution is -0.144. The number of hydrogen-bond donors (Lipinski definition) is 2. The molecule has 2 unspecified atom stereocenters. The van der Waals surface area contributed by atoms with Crippen molar-refractivity contribution in [1.29, 1.82) is 0 Å². The van der Waals surface area contributed by atoms with Gasteiger partial charge in [-0.05, 0) is 25.5 Å². The normalized spacial score (nSPS) is 17.5. The van der Waals surface area contributed by atoms with Gasteiger partial charge in [0, 0.05) is 35.5 Å². The summed E-state index contributed by atoms with van der Waals surface area (Å²) in [5.41, 5.74) is 1.32. The SMILES string of the molecule is CCOC(=O)C1=C(COCCNc2nccc(=O)[nH]2)N=C(C)C(C(=O)OC)C1c1ccccc1Cl. The zero-order valence-electron chi connectivity index (χ0n) is 19.7. The van der Waals surface area contributed by atoms with Crippen LogP contribution in [0, 0.1) is 5.92 Å². The fourth-order valence-electron chi connectivity index (χ4n) is 3.86. The van der Waals surface area contributed by atoms with Gasteiger partial charge in [0.15, 0.2) is 0 Å². The Kier molecular flexibility index (Phi) is 9.16. The average molecular weight is 503 g/mol. The van der Waals surface area contributed by atoms with E-state index in [0.717, 1.165) is 0 Å². The zero-order valence-corrected chi connectivity index (χ0v) is 20.4. The van der Waals surface area contributed by atoms with E-state index in [9.17, 15) is 14.4 Å². The minimum Gasteiger partial charge on any atom is -0.468 e. The van der Waals surface area contributed by atoms with Gasteiger partial charge in [0.2, 0.25) is 5.95 Å². The number of halogens is 1. The number of aromatic nitrogens is 2. The average Bonchev–Trinajstić information content (AvgIpc) is 2.83. The number of H-pyrrole nitrogens is 1. The van der Waals surface area contributed by atoms with Crippen molar-refractivity contribution in [3.8, 4) is 0 Å². The molecule has 0 radical (unpaired) electrons. The van der Waals surface area contributed by atoms with Crippen LogP contribution in [0.15, 0.2) is 57.6 Å². The molecule has 35 heavy (non-hydrogen) atoms. The molecule has 1 aliphatic rings. The third-order valence-corrected chi connectivity index (χ3v) is 5.70. The van der Waals surface area contributed by atoms with Gasteiger partial charge in [-0.15, -0.1) is 0 Å². The van der Waals surface area contributed by atoms with Crippen molar-refractivity contribution in [2.45, 2.75) is 19.8 Å². The predicted octanol–water partition coefficient (Wildman–Crippen LogP) is 2.72. The number of rotatable bonds is 10. The number of aliphatic imine (C=N–C) groups is 1. The van der Waals surface area contributed by atoms with E-state index in [4.69, 9.17) is 25.8 Å². The summed E-state index contributed by atoms with van der Waals surface area (Å²) in [4.78, 5) is 48.4. The molecule has 1 aliphatic heterocycles. The van der Waals surface area contributed by atoms with Gasteiger partial charge in [0.25, 0.3) is 5.56 Å². The fraction of sp³-hybridized carbons (Fsp3) is 0.375. The van der Waals surface area contributed by atoms with Crippen LogP contribution in [0.4, 0.5) is 5.95 Å². The van der Waals surface area contributed by atoms with Gasteiger partial charge in [0.1, 0.15) is 5.92 Å². The van der Waals surface area contributed by atoms with Crippen LogP contribution in [0.2, 0.25) is 5.02 Å². The number of carbonyl (C=O) groups is 2. The summed E-state index contributed by atoms with van der Waals surface area (Å²) in [6.07, 6.45) is 1.39. The van der Waals surface area contributed by atoms with Gasteiger partial charge in [-0.1, -0.05) is 29.8 Å². The molecule has 1 aromatic heterocycles. The van der Waals surface area contributed by atoms with Gasteiger partial charge in [-0.25, -0.2) is 9.78 Å². The summed E-state index contributed by atoms with van der Waals surface area (Å²) in [7, 11) is 1.29. The molecule has 10 nitrogen and oxygen atoms in total. The van der Waals surface area contributed by atoms with E-state index in [1.54, 1.807) is 38.1 Å². The first kappa shape index (κ1) is 26.1. The Bertz CT molecular complexity index is 1190. The van der Waals surface area contributed by atoms with Gasteiger partial charge in [-0.2, -0.15) is 0 Å². The smallest absolute Gasteiger partial charge is 0.336 e. The highest BCUT2D eigenvalue weighted by molar-refractivity contribution is 6.31. The number of nitrogens with one attached hydrogen (secondary N) is 2. The van der Waals surface area contributed by atoms with E-state index < -0.39 is 23.8 Å². The van der Waals surface area contributed by atoms with Gasteiger partial charge in [-0.3, -0.25) is 19.6 Å². The molecule has 0 saturated carbocycles. The first-order chi connectivity index (χ1) is 16.9. The minimum absolute atomic E-state index is 0.0131. The Morgan fingerprint density at radius 1 is 1.23 bits per heavy atom. The van der Waals surface area contributed by atoms with Crippen molar-refractivity contribution in [2.24, 2.45) is 10.9 Å². The summed E-state index contributed by atoms with van der Waals surface area (Å²) < 4.78 is 16.1. The van der Waals surface area contributed by atoms with Crippen LogP contribution in [-0.2, 0) is 23.8 Å². The second kappa shape index (κ2) is 12.3. The number of anilines is 1. The molecule has 11 heteroatoms. The van der Waals surface area contributed by atoms with Crippen LogP contribution in [0.1, 0.15) is 25.3 Å². The minimum atomic E-state index is -0.856. The lowest BCUT2D eigenvalue weighted by Crippen LogP contribution is -2.37. The van der Waals surface area contributed by atoms with Gasteiger partial charge >= 0.3 is 11.9 Å². The summed E-state index contributed by atoms with van der Waals surface area (Å²) in [6.45, 7) is 4.10. The second-order valence-electron chi connectivity index (χ2n) is 7.60. The maximum atomic E-state index is 13.1. The Balaban J connectivity index is 1.90. The summed E-state index contributed by atoms with van der Waals surface area (Å²) >= 11 is 6.49. The van der Waals surface area contributed by atoms with E-state index in [1.165, 1.54) is 19.4 Å². The van der Waals surface area contributed by atoms with Crippen molar-refractivity contribution in [1.82, 2.24) is 9.97 Å². The molecule has 2 N–H and O–H groups in total. The quantitative estimate of drug-likeness (QED) is 0.374. The molecule has 0 amide bonds. The topological polar surface area (TPSA) is 132 Å². The number of nitrogens with zero attached hydrogens (tertiary/aromatic N) is 2. The molecule has 0 bridgehead atoms. The van der Waals surface area contributed by atoms with Crippen molar-refractivity contribution < 1.29 is 23.8 Å². The molecular weight excluding hydrogens is 476 g/mol. The number of hydrogen-bond acceptors (Lipinski definition) is 9. The number of esters is 2. The largest absolute Gasteiger partial charge is 0.468 e. The molecule has 0 aliphatic carbocycles. The Hall–Kier alpha value is -3.50. The predicted molar refractivity (Wildman–Crippen MR) is 131 cm³/mol. The monoisotopic (exact) mass is 502 g/mol. The molecule has 1 aromatic carbocycles. The van der Waals surface area contributed by atoms with E-state index in [0.29, 0.717) is 34.5 Å².